The largest absolute Gasteiger partial charge is 0.305 e. The molecule has 7 heteroatoms. The lowest BCUT2D eigenvalue weighted by Gasteiger charge is -2.02. The monoisotopic (exact) mass is 321 g/mol. The second kappa shape index (κ2) is 5.62. The van der Waals surface area contributed by atoms with Crippen molar-refractivity contribution in [2.45, 2.75) is 0 Å². The van der Waals surface area contributed by atoms with Crippen molar-refractivity contribution in [3.8, 4) is 10.6 Å². The maximum Gasteiger partial charge on any atom is 0.256 e. The lowest BCUT2D eigenvalue weighted by Crippen LogP contribution is -2.12. The number of anilines is 1. The minimum Gasteiger partial charge on any atom is -0.305 e. The average molecular weight is 321 g/mol. The minimum absolute atomic E-state index is 0.234. The van der Waals surface area contributed by atoms with Crippen molar-refractivity contribution >= 4 is 34.1 Å². The molecule has 3 heterocycles. The molecule has 0 bridgehead atoms. The number of nitrogens with one attached hydrogen (secondary N) is 2. The van der Waals surface area contributed by atoms with Crippen molar-refractivity contribution in [2.75, 3.05) is 5.32 Å². The zero-order chi connectivity index (χ0) is 15.6. The Balaban J connectivity index is 1.57. The zero-order valence-corrected chi connectivity index (χ0v) is 12.7. The molecule has 0 radical (unpaired) electrons. The molecule has 0 aliphatic rings. The van der Waals surface area contributed by atoms with Crippen molar-refractivity contribution in [3.05, 3.63) is 59.7 Å². The van der Waals surface area contributed by atoms with Crippen LogP contribution in [0.3, 0.4) is 0 Å². The van der Waals surface area contributed by atoms with Crippen molar-refractivity contribution in [3.63, 3.8) is 0 Å². The van der Waals surface area contributed by atoms with E-state index in [1.54, 1.807) is 41.9 Å². The fourth-order valence-corrected chi connectivity index (χ4v) is 2.93. The number of H-pyrrole nitrogens is 1. The van der Waals surface area contributed by atoms with E-state index >= 15 is 0 Å². The summed E-state index contributed by atoms with van der Waals surface area (Å²) in [6.07, 6.45) is 3.23. The smallest absolute Gasteiger partial charge is 0.256 e. The Morgan fingerprint density at radius 2 is 1.96 bits per heavy atom. The van der Waals surface area contributed by atoms with Gasteiger partial charge >= 0.3 is 0 Å². The van der Waals surface area contributed by atoms with E-state index in [1.807, 2.05) is 23.6 Å². The molecule has 0 aliphatic carbocycles. The maximum absolute atomic E-state index is 12.3. The summed E-state index contributed by atoms with van der Waals surface area (Å²) in [5.41, 5.74) is 2.82. The van der Waals surface area contributed by atoms with Gasteiger partial charge in [0.05, 0.1) is 21.6 Å². The van der Waals surface area contributed by atoms with Gasteiger partial charge in [-0.15, -0.1) is 11.3 Å². The van der Waals surface area contributed by atoms with E-state index in [2.05, 4.69) is 25.5 Å². The normalized spacial score (nSPS) is 10.8. The number of carbonyl (C=O) groups is 1. The van der Waals surface area contributed by atoms with Crippen LogP contribution in [0.5, 0.6) is 0 Å². The Labute approximate surface area is 135 Å². The Bertz CT molecular complexity index is 977. The minimum atomic E-state index is -0.234. The summed E-state index contributed by atoms with van der Waals surface area (Å²) in [6.45, 7) is 0. The van der Waals surface area contributed by atoms with Crippen LogP contribution in [0.25, 0.3) is 21.6 Å². The van der Waals surface area contributed by atoms with Crippen LogP contribution in [0.2, 0.25) is 0 Å². The van der Waals surface area contributed by atoms with Gasteiger partial charge in [-0.25, -0.2) is 0 Å². The molecular weight excluding hydrogens is 310 g/mol. The van der Waals surface area contributed by atoms with Gasteiger partial charge in [-0.2, -0.15) is 5.10 Å². The molecular formula is C16H11N5OS. The summed E-state index contributed by atoms with van der Waals surface area (Å²) < 4.78 is 0. The van der Waals surface area contributed by atoms with E-state index in [0.29, 0.717) is 16.9 Å². The third-order valence-electron chi connectivity index (χ3n) is 3.34. The first-order valence-electron chi connectivity index (χ1n) is 6.91. The lowest BCUT2D eigenvalue weighted by molar-refractivity contribution is 0.102. The highest BCUT2D eigenvalue weighted by atomic mass is 32.1. The molecule has 4 rings (SSSR count). The highest BCUT2D eigenvalue weighted by Gasteiger charge is 2.11. The topological polar surface area (TPSA) is 83.6 Å². The van der Waals surface area contributed by atoms with Gasteiger partial charge in [-0.1, -0.05) is 6.07 Å². The maximum atomic E-state index is 12.3. The van der Waals surface area contributed by atoms with Crippen LogP contribution in [-0.4, -0.2) is 26.1 Å². The van der Waals surface area contributed by atoms with Gasteiger partial charge in [-0.05, 0) is 29.6 Å². The SMILES string of the molecule is O=C(Nc1cc(-c2cccs2)[nH]n1)c1ccc2nccnc2c1. The Morgan fingerprint density at radius 3 is 2.78 bits per heavy atom. The highest BCUT2D eigenvalue weighted by molar-refractivity contribution is 7.13. The molecule has 0 atom stereocenters. The quantitative estimate of drug-likeness (QED) is 0.606. The van der Waals surface area contributed by atoms with Gasteiger partial charge in [0.2, 0.25) is 0 Å². The van der Waals surface area contributed by atoms with Gasteiger partial charge in [0, 0.05) is 24.0 Å². The molecule has 0 spiro atoms. The number of amides is 1. The Kier molecular flexibility index (Phi) is 3.32. The Morgan fingerprint density at radius 1 is 1.09 bits per heavy atom. The molecule has 1 aromatic carbocycles. The molecule has 1 amide bonds. The van der Waals surface area contributed by atoms with E-state index < -0.39 is 0 Å². The third kappa shape index (κ3) is 2.69. The number of hydrogen-bond acceptors (Lipinski definition) is 5. The molecule has 2 N–H and O–H groups in total. The molecule has 0 aliphatic heterocycles. The number of thiophene rings is 1. The van der Waals surface area contributed by atoms with E-state index in [9.17, 15) is 4.79 Å². The van der Waals surface area contributed by atoms with Crippen molar-refractivity contribution < 1.29 is 4.79 Å². The fourth-order valence-electron chi connectivity index (χ4n) is 2.24. The summed E-state index contributed by atoms with van der Waals surface area (Å²) in [5.74, 6) is 0.249. The van der Waals surface area contributed by atoms with Gasteiger partial charge < -0.3 is 5.32 Å². The lowest BCUT2D eigenvalue weighted by atomic mass is 10.2. The van der Waals surface area contributed by atoms with Crippen LogP contribution in [0, 0.1) is 0 Å². The second-order valence-corrected chi connectivity index (χ2v) is 5.81. The summed E-state index contributed by atoms with van der Waals surface area (Å²) in [7, 11) is 0. The van der Waals surface area contributed by atoms with Crippen LogP contribution >= 0.6 is 11.3 Å². The van der Waals surface area contributed by atoms with Crippen molar-refractivity contribution in [1.29, 1.82) is 0 Å². The molecule has 112 valence electrons. The van der Waals surface area contributed by atoms with Gasteiger partial charge in [0.1, 0.15) is 0 Å². The molecule has 4 aromatic rings. The predicted octanol–water partition coefficient (Wildman–Crippen LogP) is 3.33. The van der Waals surface area contributed by atoms with Gasteiger partial charge in [-0.3, -0.25) is 19.9 Å². The van der Waals surface area contributed by atoms with Crippen molar-refractivity contribution in [1.82, 2.24) is 20.2 Å². The summed E-state index contributed by atoms with van der Waals surface area (Å²) in [4.78, 5) is 21.8. The van der Waals surface area contributed by atoms with E-state index in [4.69, 9.17) is 0 Å². The van der Waals surface area contributed by atoms with Crippen LogP contribution < -0.4 is 5.32 Å². The molecule has 0 fully saturated rings. The third-order valence-corrected chi connectivity index (χ3v) is 4.24. The van der Waals surface area contributed by atoms with Gasteiger partial charge in [0.25, 0.3) is 5.91 Å². The van der Waals surface area contributed by atoms with E-state index in [-0.39, 0.29) is 5.91 Å². The van der Waals surface area contributed by atoms with Gasteiger partial charge in [0.15, 0.2) is 5.82 Å². The number of hydrogen-bond donors (Lipinski definition) is 2. The van der Waals surface area contributed by atoms with Crippen LogP contribution in [-0.2, 0) is 0 Å². The summed E-state index contributed by atoms with van der Waals surface area (Å²) in [6, 6.07) is 11.0. The molecule has 0 saturated carbocycles. The number of carbonyl (C=O) groups excluding carboxylic acids is 1. The standard InChI is InChI=1S/C16H11N5OS/c22-16(10-3-4-11-12(8-10)18-6-5-17-11)19-15-9-13(20-21-15)14-2-1-7-23-14/h1-9H,(H2,19,20,21,22). The number of aromatic nitrogens is 4. The first kappa shape index (κ1) is 13.6. The molecule has 6 nitrogen and oxygen atoms in total. The highest BCUT2D eigenvalue weighted by Crippen LogP contribution is 2.24. The first-order valence-corrected chi connectivity index (χ1v) is 7.79. The summed E-state index contributed by atoms with van der Waals surface area (Å²) >= 11 is 1.61. The van der Waals surface area contributed by atoms with E-state index in [1.165, 1.54) is 0 Å². The number of benzene rings is 1. The van der Waals surface area contributed by atoms with Crippen LogP contribution in [0.15, 0.2) is 54.2 Å². The number of fused-ring (bicyclic) bond motifs is 1. The Hall–Kier alpha value is -3.06. The zero-order valence-electron chi connectivity index (χ0n) is 11.9. The number of aromatic amines is 1. The number of rotatable bonds is 3. The first-order chi connectivity index (χ1) is 11.3. The molecule has 23 heavy (non-hydrogen) atoms. The van der Waals surface area contributed by atoms with Crippen LogP contribution in [0.1, 0.15) is 10.4 Å². The number of nitrogens with zero attached hydrogens (tertiary/aromatic N) is 3. The molecule has 3 aromatic heterocycles. The fraction of sp³-hybridized carbons (Fsp3) is 0. The predicted molar refractivity (Wildman–Crippen MR) is 89.4 cm³/mol. The molecule has 0 saturated heterocycles. The van der Waals surface area contributed by atoms with Crippen LogP contribution in [0.4, 0.5) is 5.82 Å². The van der Waals surface area contributed by atoms with E-state index in [0.717, 1.165) is 16.1 Å². The molecule has 0 unspecified atom stereocenters. The average Bonchev–Trinajstić information content (AvgIpc) is 3.25. The summed E-state index contributed by atoms with van der Waals surface area (Å²) in [5, 5.41) is 11.8. The van der Waals surface area contributed by atoms with Crippen molar-refractivity contribution in [2.24, 2.45) is 0 Å². The second-order valence-electron chi connectivity index (χ2n) is 4.86.